The Morgan fingerprint density at radius 3 is 0.929 bits per heavy atom. The molecule has 234 valence electrons. The van der Waals surface area contributed by atoms with Gasteiger partial charge >= 0.3 is 0 Å². The van der Waals surface area contributed by atoms with Crippen molar-refractivity contribution in [3.05, 3.63) is 38.0 Å². The second-order valence-corrected chi connectivity index (χ2v) is 11.3. The zero-order valence-corrected chi connectivity index (χ0v) is 27.6. The van der Waals surface area contributed by atoms with Gasteiger partial charge in [-0.15, -0.1) is 19.7 Å². The molecule has 0 aromatic heterocycles. The quantitative estimate of drug-likeness (QED) is 0.106. The van der Waals surface area contributed by atoms with E-state index in [4.69, 9.17) is 36.7 Å². The maximum atomic E-state index is 5.01. The SMILES string of the molecule is C=CCNC(=S)NN=C1CCCCC1.C=CCNC(=S)NN=C1CCCCC1.C=CCNC(=S)NN=C1CCCCC1. The fraction of sp³-hybridized carbons (Fsp3) is 0.600. The van der Waals surface area contributed by atoms with Crippen LogP contribution in [0.15, 0.2) is 53.3 Å². The molecule has 0 radical (unpaired) electrons. The highest BCUT2D eigenvalue weighted by Gasteiger charge is 2.08. The summed E-state index contributed by atoms with van der Waals surface area (Å²) in [6.07, 6.45) is 23.5. The van der Waals surface area contributed by atoms with Crippen LogP contribution >= 0.6 is 36.7 Å². The summed E-state index contributed by atoms with van der Waals surface area (Å²) in [5.74, 6) is 0. The van der Waals surface area contributed by atoms with Gasteiger partial charge in [-0.25, -0.2) is 0 Å². The van der Waals surface area contributed by atoms with Gasteiger partial charge in [-0.2, -0.15) is 15.3 Å². The van der Waals surface area contributed by atoms with Crippen molar-refractivity contribution in [2.24, 2.45) is 15.3 Å². The zero-order valence-electron chi connectivity index (χ0n) is 25.1. The van der Waals surface area contributed by atoms with Crippen LogP contribution in [0.4, 0.5) is 0 Å². The van der Waals surface area contributed by atoms with Crippen molar-refractivity contribution < 1.29 is 0 Å². The minimum absolute atomic E-state index is 0.572. The summed E-state index contributed by atoms with van der Waals surface area (Å²) in [5.41, 5.74) is 12.2. The van der Waals surface area contributed by atoms with Crippen molar-refractivity contribution in [2.45, 2.75) is 96.3 Å². The van der Waals surface area contributed by atoms with E-state index < -0.39 is 0 Å². The van der Waals surface area contributed by atoms with Crippen molar-refractivity contribution in [1.82, 2.24) is 32.2 Å². The van der Waals surface area contributed by atoms with Gasteiger partial charge in [0.15, 0.2) is 15.3 Å². The molecular formula is C30H51N9S3. The summed E-state index contributed by atoms with van der Waals surface area (Å²) >= 11 is 15.0. The zero-order chi connectivity index (χ0) is 30.7. The van der Waals surface area contributed by atoms with Crippen molar-refractivity contribution >= 4 is 69.1 Å². The van der Waals surface area contributed by atoms with Gasteiger partial charge in [0, 0.05) is 36.8 Å². The largest absolute Gasteiger partial charge is 0.358 e. The van der Waals surface area contributed by atoms with Gasteiger partial charge < -0.3 is 16.0 Å². The van der Waals surface area contributed by atoms with Gasteiger partial charge in [-0.3, -0.25) is 16.3 Å². The Bertz CT molecular complexity index is 801. The average molecular weight is 634 g/mol. The normalized spacial score (nSPS) is 15.9. The lowest BCUT2D eigenvalue weighted by Gasteiger charge is -2.12. The Morgan fingerprint density at radius 1 is 0.476 bits per heavy atom. The molecule has 3 fully saturated rings. The standard InChI is InChI=1S/3C10H17N3S/c3*1-2-8-11-10(14)13-12-9-6-4-3-5-7-9/h3*2H,1,3-8H2,(H2,11,13,14). The summed E-state index contributed by atoms with van der Waals surface area (Å²) in [6, 6.07) is 0. The van der Waals surface area contributed by atoms with E-state index in [1.165, 1.54) is 74.9 Å². The molecule has 3 rings (SSSR count). The minimum Gasteiger partial charge on any atom is -0.358 e. The van der Waals surface area contributed by atoms with Crippen LogP contribution < -0.4 is 32.2 Å². The third-order valence-corrected chi connectivity index (χ3v) is 7.17. The first-order valence-corrected chi connectivity index (χ1v) is 16.3. The number of hydrogen-bond donors (Lipinski definition) is 6. The topological polar surface area (TPSA) is 109 Å². The Labute approximate surface area is 269 Å². The fourth-order valence-corrected chi connectivity index (χ4v) is 4.60. The molecule has 0 aromatic rings. The van der Waals surface area contributed by atoms with Gasteiger partial charge in [-0.1, -0.05) is 37.5 Å². The average Bonchev–Trinajstić information content (AvgIpc) is 3.04. The molecule has 0 bridgehead atoms. The molecular weight excluding hydrogens is 583 g/mol. The molecule has 3 saturated carbocycles. The Balaban J connectivity index is 0.000000315. The predicted octanol–water partition coefficient (Wildman–Crippen LogP) is 5.87. The van der Waals surface area contributed by atoms with Crippen molar-refractivity contribution in [2.75, 3.05) is 19.6 Å². The summed E-state index contributed by atoms with van der Waals surface area (Å²) < 4.78 is 0. The summed E-state index contributed by atoms with van der Waals surface area (Å²) in [4.78, 5) is 0. The maximum absolute atomic E-state index is 5.01. The number of thiocarbonyl (C=S) groups is 3. The molecule has 0 saturated heterocycles. The van der Waals surface area contributed by atoms with Gasteiger partial charge in [0.2, 0.25) is 0 Å². The van der Waals surface area contributed by atoms with E-state index in [1.54, 1.807) is 18.2 Å². The number of nitrogens with zero attached hydrogens (tertiary/aromatic N) is 3. The monoisotopic (exact) mass is 633 g/mol. The van der Waals surface area contributed by atoms with Crippen LogP contribution in [0.1, 0.15) is 96.3 Å². The Hall–Kier alpha value is -2.70. The van der Waals surface area contributed by atoms with Crippen LogP contribution in [-0.2, 0) is 0 Å². The van der Waals surface area contributed by atoms with Gasteiger partial charge in [0.1, 0.15) is 0 Å². The molecule has 0 heterocycles. The van der Waals surface area contributed by atoms with Crippen molar-refractivity contribution in [1.29, 1.82) is 0 Å². The number of nitrogens with one attached hydrogen (secondary N) is 6. The van der Waals surface area contributed by atoms with Crippen LogP contribution in [-0.4, -0.2) is 52.1 Å². The molecule has 9 nitrogen and oxygen atoms in total. The van der Waals surface area contributed by atoms with Crippen molar-refractivity contribution in [3.63, 3.8) is 0 Å². The van der Waals surface area contributed by atoms with Crippen LogP contribution in [0.5, 0.6) is 0 Å². The molecule has 0 amide bonds. The van der Waals surface area contributed by atoms with E-state index in [9.17, 15) is 0 Å². The van der Waals surface area contributed by atoms with E-state index in [0.29, 0.717) is 35.0 Å². The molecule has 0 unspecified atom stereocenters. The van der Waals surface area contributed by atoms with E-state index in [0.717, 1.165) is 38.5 Å². The first-order chi connectivity index (χ1) is 20.5. The lowest BCUT2D eigenvalue weighted by molar-refractivity contribution is 0.661. The number of rotatable bonds is 9. The molecule has 6 N–H and O–H groups in total. The van der Waals surface area contributed by atoms with Crippen molar-refractivity contribution in [3.8, 4) is 0 Å². The van der Waals surface area contributed by atoms with E-state index in [1.807, 2.05) is 0 Å². The summed E-state index contributed by atoms with van der Waals surface area (Å²) in [7, 11) is 0. The molecule has 3 aliphatic carbocycles. The third kappa shape index (κ3) is 21.1. The molecule has 0 spiro atoms. The molecule has 0 aromatic carbocycles. The first-order valence-electron chi connectivity index (χ1n) is 15.1. The highest BCUT2D eigenvalue weighted by atomic mass is 32.1. The molecule has 3 aliphatic rings. The van der Waals surface area contributed by atoms with Crippen LogP contribution in [0.3, 0.4) is 0 Å². The fourth-order valence-electron chi connectivity index (χ4n) is 4.22. The van der Waals surface area contributed by atoms with Crippen LogP contribution in [0.2, 0.25) is 0 Å². The second kappa shape index (κ2) is 26.0. The smallest absolute Gasteiger partial charge is 0.187 e. The molecule has 42 heavy (non-hydrogen) atoms. The Morgan fingerprint density at radius 2 is 0.714 bits per heavy atom. The minimum atomic E-state index is 0.572. The highest BCUT2D eigenvalue weighted by molar-refractivity contribution is 7.80. The molecule has 0 aliphatic heterocycles. The van der Waals surface area contributed by atoms with E-state index in [2.05, 4.69) is 67.3 Å². The Kier molecular flexibility index (Phi) is 23.1. The van der Waals surface area contributed by atoms with Gasteiger partial charge in [0.05, 0.1) is 0 Å². The summed E-state index contributed by atoms with van der Waals surface area (Å²) in [6.45, 7) is 12.8. The van der Waals surface area contributed by atoms with Gasteiger partial charge in [-0.05, 0) is 114 Å². The maximum Gasteiger partial charge on any atom is 0.187 e. The van der Waals surface area contributed by atoms with Gasteiger partial charge in [0.25, 0.3) is 0 Å². The lowest BCUT2D eigenvalue weighted by Crippen LogP contribution is -2.32. The lowest BCUT2D eigenvalue weighted by atomic mass is 9.99. The van der Waals surface area contributed by atoms with E-state index >= 15 is 0 Å². The molecule has 0 atom stereocenters. The van der Waals surface area contributed by atoms with Crippen LogP contribution in [0.25, 0.3) is 0 Å². The third-order valence-electron chi connectivity index (χ3n) is 6.46. The highest BCUT2D eigenvalue weighted by Crippen LogP contribution is 2.15. The molecule has 12 heteroatoms. The predicted molar refractivity (Wildman–Crippen MR) is 193 cm³/mol. The summed E-state index contributed by atoms with van der Waals surface area (Å²) in [5, 5.41) is 23.4. The number of hydrogen-bond acceptors (Lipinski definition) is 6. The number of hydrazone groups is 3. The first kappa shape index (κ1) is 37.3. The van der Waals surface area contributed by atoms with E-state index in [-0.39, 0.29) is 0 Å². The van der Waals surface area contributed by atoms with Crippen LogP contribution in [0, 0.1) is 0 Å². The second-order valence-electron chi connectivity index (χ2n) is 10.0.